The van der Waals surface area contributed by atoms with E-state index >= 15 is 0 Å². The topological polar surface area (TPSA) is 6.48 Å². The molecule has 0 spiro atoms. The van der Waals surface area contributed by atoms with Crippen LogP contribution in [0.1, 0.15) is 26.7 Å². The lowest BCUT2D eigenvalue weighted by molar-refractivity contribution is -0.248. The molecule has 2 aliphatic heterocycles. The molecule has 2 aliphatic rings. The first kappa shape index (κ1) is 13.1. The van der Waals surface area contributed by atoms with Gasteiger partial charge in [0.2, 0.25) is 0 Å². The van der Waals surface area contributed by atoms with E-state index in [4.69, 9.17) is 0 Å². The Hall–Kier alpha value is -0.290. The van der Waals surface area contributed by atoms with Crippen molar-refractivity contribution in [1.82, 2.24) is 9.80 Å². The van der Waals surface area contributed by atoms with Gasteiger partial charge in [0.15, 0.2) is 0 Å². The molecule has 100 valence electrons. The SMILES string of the molecule is CCN1CCC2CC(C)C(C(F)(F)F)C1N2C. The summed E-state index contributed by atoms with van der Waals surface area (Å²) in [4.78, 5) is 3.93. The average molecular weight is 250 g/mol. The van der Waals surface area contributed by atoms with Crippen LogP contribution in [-0.4, -0.2) is 48.3 Å². The first-order valence-corrected chi connectivity index (χ1v) is 6.39. The molecule has 0 amide bonds. The van der Waals surface area contributed by atoms with E-state index < -0.39 is 18.3 Å². The molecule has 0 N–H and O–H groups in total. The van der Waals surface area contributed by atoms with Crippen molar-refractivity contribution in [3.8, 4) is 0 Å². The molecule has 0 aliphatic carbocycles. The number of hydrogen-bond acceptors (Lipinski definition) is 2. The Kier molecular flexibility index (Phi) is 3.42. The maximum absolute atomic E-state index is 13.2. The number of piperidine rings is 1. The molecule has 2 heterocycles. The van der Waals surface area contributed by atoms with Crippen molar-refractivity contribution in [2.24, 2.45) is 11.8 Å². The number of alkyl halides is 3. The lowest BCUT2D eigenvalue weighted by Gasteiger charge is -2.55. The monoisotopic (exact) mass is 250 g/mol. The van der Waals surface area contributed by atoms with Crippen molar-refractivity contribution in [1.29, 1.82) is 0 Å². The fourth-order valence-corrected chi connectivity index (χ4v) is 3.60. The highest BCUT2D eigenvalue weighted by atomic mass is 19.4. The minimum Gasteiger partial charge on any atom is -0.288 e. The van der Waals surface area contributed by atoms with E-state index in [0.717, 1.165) is 13.0 Å². The van der Waals surface area contributed by atoms with E-state index in [0.29, 0.717) is 19.0 Å². The Bertz CT molecular complexity index is 277. The summed E-state index contributed by atoms with van der Waals surface area (Å²) in [5.41, 5.74) is 0. The highest BCUT2D eigenvalue weighted by Crippen LogP contribution is 2.45. The van der Waals surface area contributed by atoms with Crippen LogP contribution in [0.2, 0.25) is 0 Å². The summed E-state index contributed by atoms with van der Waals surface area (Å²) in [7, 11) is 1.85. The molecule has 0 radical (unpaired) electrons. The fraction of sp³-hybridized carbons (Fsp3) is 1.00. The van der Waals surface area contributed by atoms with Crippen molar-refractivity contribution in [3.05, 3.63) is 0 Å². The lowest BCUT2D eigenvalue weighted by Crippen LogP contribution is -2.66. The van der Waals surface area contributed by atoms with E-state index in [1.165, 1.54) is 0 Å². The molecule has 2 fully saturated rings. The zero-order valence-electron chi connectivity index (χ0n) is 10.7. The molecular weight excluding hydrogens is 229 g/mol. The van der Waals surface area contributed by atoms with Crippen LogP contribution in [0.3, 0.4) is 0 Å². The van der Waals surface area contributed by atoms with Crippen LogP contribution in [0.5, 0.6) is 0 Å². The van der Waals surface area contributed by atoms with Gasteiger partial charge in [-0.15, -0.1) is 0 Å². The molecule has 2 bridgehead atoms. The van der Waals surface area contributed by atoms with Gasteiger partial charge < -0.3 is 0 Å². The minimum absolute atomic E-state index is 0.268. The Labute approximate surface area is 101 Å². The van der Waals surface area contributed by atoms with Crippen molar-refractivity contribution in [3.63, 3.8) is 0 Å². The summed E-state index contributed by atoms with van der Waals surface area (Å²) < 4.78 is 39.6. The van der Waals surface area contributed by atoms with E-state index in [1.807, 2.05) is 23.8 Å². The average Bonchev–Trinajstić information content (AvgIpc) is 2.19. The summed E-state index contributed by atoms with van der Waals surface area (Å²) in [6, 6.07) is 0.330. The minimum atomic E-state index is -4.09. The van der Waals surface area contributed by atoms with Gasteiger partial charge in [-0.1, -0.05) is 13.8 Å². The van der Waals surface area contributed by atoms with E-state index in [-0.39, 0.29) is 5.92 Å². The van der Waals surface area contributed by atoms with Gasteiger partial charge in [0, 0.05) is 12.6 Å². The fourth-order valence-electron chi connectivity index (χ4n) is 3.60. The molecule has 2 rings (SSSR count). The van der Waals surface area contributed by atoms with E-state index in [1.54, 1.807) is 6.92 Å². The maximum atomic E-state index is 13.2. The maximum Gasteiger partial charge on any atom is 0.394 e. The van der Waals surface area contributed by atoms with Crippen molar-refractivity contribution in [2.75, 3.05) is 20.1 Å². The molecule has 2 nitrogen and oxygen atoms in total. The van der Waals surface area contributed by atoms with Gasteiger partial charge in [-0.25, -0.2) is 0 Å². The molecule has 0 aromatic rings. The van der Waals surface area contributed by atoms with Gasteiger partial charge >= 0.3 is 6.18 Å². The van der Waals surface area contributed by atoms with E-state index in [9.17, 15) is 13.2 Å². The van der Waals surface area contributed by atoms with Crippen molar-refractivity contribution in [2.45, 2.75) is 45.1 Å². The highest BCUT2D eigenvalue weighted by molar-refractivity contribution is 4.97. The largest absolute Gasteiger partial charge is 0.394 e. The van der Waals surface area contributed by atoms with Crippen LogP contribution in [0.15, 0.2) is 0 Å². The number of rotatable bonds is 1. The zero-order chi connectivity index (χ0) is 12.8. The molecule has 17 heavy (non-hydrogen) atoms. The van der Waals surface area contributed by atoms with E-state index in [2.05, 4.69) is 0 Å². The van der Waals surface area contributed by atoms with Crippen LogP contribution in [-0.2, 0) is 0 Å². The van der Waals surface area contributed by atoms with Gasteiger partial charge in [0.25, 0.3) is 0 Å². The molecule has 4 unspecified atom stereocenters. The second-order valence-corrected chi connectivity index (χ2v) is 5.43. The highest BCUT2D eigenvalue weighted by Gasteiger charge is 2.55. The molecule has 0 saturated carbocycles. The third kappa shape index (κ3) is 2.19. The zero-order valence-corrected chi connectivity index (χ0v) is 10.7. The summed E-state index contributed by atoms with van der Waals surface area (Å²) in [5, 5.41) is 0. The van der Waals surface area contributed by atoms with Gasteiger partial charge in [-0.05, 0) is 32.4 Å². The molecule has 0 aromatic heterocycles. The molecule has 4 atom stereocenters. The first-order chi connectivity index (χ1) is 7.86. The van der Waals surface area contributed by atoms with Crippen LogP contribution < -0.4 is 0 Å². The summed E-state index contributed by atoms with van der Waals surface area (Å²) in [5.74, 6) is -1.47. The Balaban J connectivity index is 2.30. The van der Waals surface area contributed by atoms with Crippen molar-refractivity contribution < 1.29 is 13.2 Å². The number of nitrogens with zero attached hydrogens (tertiary/aromatic N) is 2. The third-order valence-electron chi connectivity index (χ3n) is 4.48. The number of hydrogen-bond donors (Lipinski definition) is 0. The van der Waals surface area contributed by atoms with Gasteiger partial charge in [-0.3, -0.25) is 9.80 Å². The summed E-state index contributed by atoms with van der Waals surface area (Å²) in [6.45, 7) is 5.20. The predicted molar refractivity (Wildman–Crippen MR) is 60.5 cm³/mol. The Morgan fingerprint density at radius 2 is 1.94 bits per heavy atom. The second-order valence-electron chi connectivity index (χ2n) is 5.43. The van der Waals surface area contributed by atoms with Crippen LogP contribution >= 0.6 is 0 Å². The van der Waals surface area contributed by atoms with Gasteiger partial charge in [-0.2, -0.15) is 13.2 Å². The van der Waals surface area contributed by atoms with Gasteiger partial charge in [0.1, 0.15) is 0 Å². The lowest BCUT2D eigenvalue weighted by atomic mass is 9.77. The number of halogens is 3. The smallest absolute Gasteiger partial charge is 0.288 e. The van der Waals surface area contributed by atoms with Crippen LogP contribution in [0.4, 0.5) is 13.2 Å². The first-order valence-electron chi connectivity index (χ1n) is 6.39. The number of likely N-dealkylation sites (tertiary alicyclic amines) is 1. The molecule has 5 heteroatoms. The predicted octanol–water partition coefficient (Wildman–Crippen LogP) is 2.56. The molecule has 2 saturated heterocycles. The Morgan fingerprint density at radius 1 is 1.29 bits per heavy atom. The standard InChI is InChI=1S/C12H21F3N2/c1-4-17-6-5-9-7-8(2)10(12(13,14)15)11(17)16(9)3/h8-11H,4-7H2,1-3H3. The second kappa shape index (κ2) is 4.43. The quantitative estimate of drug-likeness (QED) is 0.705. The van der Waals surface area contributed by atoms with Gasteiger partial charge in [0.05, 0.1) is 12.1 Å². The van der Waals surface area contributed by atoms with Crippen molar-refractivity contribution >= 4 is 0 Å². The summed E-state index contributed by atoms with van der Waals surface area (Å²) in [6.07, 6.45) is -2.87. The normalized spacial score (nSPS) is 40.6. The number of fused-ring (bicyclic) bond motifs is 2. The van der Waals surface area contributed by atoms with Crippen LogP contribution in [0.25, 0.3) is 0 Å². The Morgan fingerprint density at radius 3 is 2.47 bits per heavy atom. The molecular formula is C12H21F3N2. The summed E-state index contributed by atoms with van der Waals surface area (Å²) >= 11 is 0. The third-order valence-corrected chi connectivity index (χ3v) is 4.48. The van der Waals surface area contributed by atoms with Crippen LogP contribution in [0, 0.1) is 11.8 Å². The molecule has 0 aromatic carbocycles.